The van der Waals surface area contributed by atoms with Gasteiger partial charge in [0, 0.05) is 19.0 Å². The number of ether oxygens (including phenoxy) is 2. The van der Waals surface area contributed by atoms with Gasteiger partial charge in [0.2, 0.25) is 0 Å². The van der Waals surface area contributed by atoms with Crippen molar-refractivity contribution in [3.63, 3.8) is 0 Å². The van der Waals surface area contributed by atoms with Crippen molar-refractivity contribution in [2.75, 3.05) is 19.0 Å². The van der Waals surface area contributed by atoms with E-state index in [9.17, 15) is 4.79 Å². The molecule has 2 fully saturated rings. The standard InChI is InChI=1S/C15H26ClNO3/c1-15(2,3)20-14(18)17-7-6-11(10-16)9-12(17)13-5-4-8-19-13/h11-13H,4-10H2,1-3H3. The van der Waals surface area contributed by atoms with Crippen LogP contribution in [0.4, 0.5) is 4.79 Å². The van der Waals surface area contributed by atoms with Crippen LogP contribution in [0.3, 0.4) is 0 Å². The molecule has 5 heteroatoms. The molecule has 2 aliphatic rings. The van der Waals surface area contributed by atoms with Gasteiger partial charge in [-0.3, -0.25) is 0 Å². The molecule has 0 aromatic carbocycles. The predicted molar refractivity (Wildman–Crippen MR) is 79.1 cm³/mol. The Bertz CT molecular complexity index is 337. The van der Waals surface area contributed by atoms with Crippen molar-refractivity contribution in [3.05, 3.63) is 0 Å². The van der Waals surface area contributed by atoms with Gasteiger partial charge < -0.3 is 14.4 Å². The summed E-state index contributed by atoms with van der Waals surface area (Å²) in [6, 6.07) is 0.116. The van der Waals surface area contributed by atoms with Crippen molar-refractivity contribution in [3.8, 4) is 0 Å². The molecule has 3 atom stereocenters. The van der Waals surface area contributed by atoms with Crippen molar-refractivity contribution in [2.24, 2.45) is 5.92 Å². The summed E-state index contributed by atoms with van der Waals surface area (Å²) in [7, 11) is 0. The zero-order valence-corrected chi connectivity index (χ0v) is 13.5. The van der Waals surface area contributed by atoms with Crippen molar-refractivity contribution in [1.29, 1.82) is 0 Å². The highest BCUT2D eigenvalue weighted by Crippen LogP contribution is 2.31. The number of carbonyl (C=O) groups is 1. The largest absolute Gasteiger partial charge is 0.444 e. The van der Waals surface area contributed by atoms with Crippen LogP contribution >= 0.6 is 11.6 Å². The zero-order valence-electron chi connectivity index (χ0n) is 12.7. The number of alkyl halides is 1. The van der Waals surface area contributed by atoms with Crippen LogP contribution < -0.4 is 0 Å². The Kier molecular flexibility index (Phi) is 5.19. The van der Waals surface area contributed by atoms with E-state index in [1.807, 2.05) is 25.7 Å². The Morgan fingerprint density at radius 2 is 2.15 bits per heavy atom. The highest BCUT2D eigenvalue weighted by Gasteiger charge is 2.39. The number of rotatable bonds is 2. The van der Waals surface area contributed by atoms with Gasteiger partial charge >= 0.3 is 6.09 Å². The molecular formula is C15H26ClNO3. The Balaban J connectivity index is 2.05. The fraction of sp³-hybridized carbons (Fsp3) is 0.933. The van der Waals surface area contributed by atoms with Crippen LogP contribution in [0.1, 0.15) is 46.5 Å². The van der Waals surface area contributed by atoms with E-state index in [-0.39, 0.29) is 18.2 Å². The third-order valence-corrected chi connectivity index (χ3v) is 4.43. The van der Waals surface area contributed by atoms with Gasteiger partial charge in [0.25, 0.3) is 0 Å². The average molecular weight is 304 g/mol. The number of piperidine rings is 1. The van der Waals surface area contributed by atoms with Crippen molar-refractivity contribution >= 4 is 17.7 Å². The third kappa shape index (κ3) is 4.01. The number of halogens is 1. The van der Waals surface area contributed by atoms with Gasteiger partial charge in [0.1, 0.15) is 5.60 Å². The molecule has 0 bridgehead atoms. The molecule has 2 rings (SSSR count). The Labute approximate surface area is 126 Å². The molecule has 0 aromatic heterocycles. The van der Waals surface area contributed by atoms with Gasteiger partial charge in [-0.1, -0.05) is 0 Å². The van der Waals surface area contributed by atoms with Gasteiger partial charge in [-0.2, -0.15) is 0 Å². The SMILES string of the molecule is CC(C)(C)OC(=O)N1CCC(CCl)CC1C1CCCO1. The minimum atomic E-state index is -0.457. The first-order chi connectivity index (χ1) is 9.40. The summed E-state index contributed by atoms with van der Waals surface area (Å²) in [5.41, 5.74) is -0.457. The summed E-state index contributed by atoms with van der Waals surface area (Å²) in [5.74, 6) is 1.13. The van der Waals surface area contributed by atoms with Gasteiger partial charge in [-0.15, -0.1) is 11.6 Å². The van der Waals surface area contributed by atoms with E-state index < -0.39 is 5.60 Å². The maximum atomic E-state index is 12.4. The van der Waals surface area contributed by atoms with Crippen LogP contribution in [0.2, 0.25) is 0 Å². The Morgan fingerprint density at radius 3 is 2.70 bits per heavy atom. The molecule has 0 spiro atoms. The smallest absolute Gasteiger partial charge is 0.410 e. The lowest BCUT2D eigenvalue weighted by molar-refractivity contribution is -0.0297. The molecule has 0 radical (unpaired) electrons. The summed E-state index contributed by atoms with van der Waals surface area (Å²) in [6.07, 6.45) is 3.91. The maximum absolute atomic E-state index is 12.4. The van der Waals surface area contributed by atoms with E-state index in [0.717, 1.165) is 38.8 Å². The molecule has 0 N–H and O–H groups in total. The Hall–Kier alpha value is -0.480. The van der Waals surface area contributed by atoms with Gasteiger partial charge in [-0.05, 0) is 52.4 Å². The lowest BCUT2D eigenvalue weighted by Gasteiger charge is -2.41. The summed E-state index contributed by atoms with van der Waals surface area (Å²) >= 11 is 6.01. The first kappa shape index (κ1) is 15.9. The molecule has 0 aliphatic carbocycles. The van der Waals surface area contributed by atoms with E-state index in [2.05, 4.69) is 0 Å². The van der Waals surface area contributed by atoms with Crippen molar-refractivity contribution in [1.82, 2.24) is 4.90 Å². The molecule has 2 saturated heterocycles. The van der Waals surface area contributed by atoms with E-state index in [1.54, 1.807) is 0 Å². The monoisotopic (exact) mass is 303 g/mol. The van der Waals surface area contributed by atoms with Crippen LogP contribution in [0, 0.1) is 5.92 Å². The Morgan fingerprint density at radius 1 is 1.40 bits per heavy atom. The molecule has 2 heterocycles. The van der Waals surface area contributed by atoms with Gasteiger partial charge in [0.15, 0.2) is 0 Å². The predicted octanol–water partition coefficient (Wildman–Crippen LogP) is 3.42. The lowest BCUT2D eigenvalue weighted by atomic mass is 9.88. The molecule has 4 nitrogen and oxygen atoms in total. The number of hydrogen-bond donors (Lipinski definition) is 0. The molecular weight excluding hydrogens is 278 g/mol. The lowest BCUT2D eigenvalue weighted by Crippen LogP contribution is -2.53. The summed E-state index contributed by atoms with van der Waals surface area (Å²) < 4.78 is 11.3. The van der Waals surface area contributed by atoms with Crippen LogP contribution in [0.25, 0.3) is 0 Å². The molecule has 20 heavy (non-hydrogen) atoms. The minimum absolute atomic E-state index is 0.116. The summed E-state index contributed by atoms with van der Waals surface area (Å²) in [5, 5.41) is 0. The van der Waals surface area contributed by atoms with Crippen LogP contribution in [0.15, 0.2) is 0 Å². The number of hydrogen-bond acceptors (Lipinski definition) is 3. The van der Waals surface area contributed by atoms with E-state index in [0.29, 0.717) is 11.8 Å². The maximum Gasteiger partial charge on any atom is 0.410 e. The summed E-state index contributed by atoms with van der Waals surface area (Å²) in [4.78, 5) is 14.3. The first-order valence-corrected chi connectivity index (χ1v) is 8.11. The second kappa shape index (κ2) is 6.52. The normalized spacial score (nSPS) is 31.4. The molecule has 0 aromatic rings. The van der Waals surface area contributed by atoms with E-state index in [4.69, 9.17) is 21.1 Å². The van der Waals surface area contributed by atoms with Crippen molar-refractivity contribution in [2.45, 2.75) is 64.2 Å². The van der Waals surface area contributed by atoms with Crippen molar-refractivity contribution < 1.29 is 14.3 Å². The van der Waals surface area contributed by atoms with Crippen LogP contribution in [0.5, 0.6) is 0 Å². The molecule has 116 valence electrons. The van der Waals surface area contributed by atoms with Crippen LogP contribution in [-0.2, 0) is 9.47 Å². The molecule has 0 saturated carbocycles. The molecule has 3 unspecified atom stereocenters. The number of nitrogens with zero attached hydrogens (tertiary/aromatic N) is 1. The second-order valence-corrected chi connectivity index (χ2v) is 7.15. The third-order valence-electron chi connectivity index (χ3n) is 3.99. The highest BCUT2D eigenvalue weighted by atomic mass is 35.5. The van der Waals surface area contributed by atoms with Crippen LogP contribution in [-0.4, -0.2) is 47.8 Å². The number of carbonyl (C=O) groups excluding carboxylic acids is 1. The minimum Gasteiger partial charge on any atom is -0.444 e. The van der Waals surface area contributed by atoms with E-state index >= 15 is 0 Å². The average Bonchev–Trinajstić information content (AvgIpc) is 2.89. The first-order valence-electron chi connectivity index (χ1n) is 7.58. The van der Waals surface area contributed by atoms with Gasteiger partial charge in [-0.25, -0.2) is 4.79 Å². The second-order valence-electron chi connectivity index (χ2n) is 6.84. The topological polar surface area (TPSA) is 38.8 Å². The molecule has 1 amide bonds. The van der Waals surface area contributed by atoms with Gasteiger partial charge in [0.05, 0.1) is 12.1 Å². The summed E-state index contributed by atoms with van der Waals surface area (Å²) in [6.45, 7) is 7.22. The van der Waals surface area contributed by atoms with E-state index in [1.165, 1.54) is 0 Å². The fourth-order valence-corrected chi connectivity index (χ4v) is 3.30. The molecule has 2 aliphatic heterocycles. The number of amides is 1. The number of likely N-dealkylation sites (tertiary alicyclic amines) is 1. The zero-order chi connectivity index (χ0) is 14.8. The highest BCUT2D eigenvalue weighted by molar-refractivity contribution is 6.18. The quantitative estimate of drug-likeness (QED) is 0.734. The fourth-order valence-electron chi connectivity index (χ4n) is 3.02.